The van der Waals surface area contributed by atoms with Crippen LogP contribution in [-0.2, 0) is 9.53 Å². The lowest BCUT2D eigenvalue weighted by molar-refractivity contribution is -0.116. The lowest BCUT2D eigenvalue weighted by Gasteiger charge is -2.33. The van der Waals surface area contributed by atoms with Crippen LogP contribution in [-0.4, -0.2) is 41.7 Å². The highest BCUT2D eigenvalue weighted by Crippen LogP contribution is 2.22. The molecule has 1 aliphatic heterocycles. The lowest BCUT2D eigenvalue weighted by Crippen LogP contribution is -2.44. The zero-order valence-corrected chi connectivity index (χ0v) is 17.8. The number of nitrogens with zero attached hydrogens (tertiary/aromatic N) is 1. The second-order valence-electron chi connectivity index (χ2n) is 8.79. The van der Waals surface area contributed by atoms with Crippen molar-refractivity contribution in [3.05, 3.63) is 24.3 Å². The number of carbonyl (C=O) groups excluding carboxylic acids is 2. The Morgan fingerprint density at radius 3 is 2.29 bits per heavy atom. The van der Waals surface area contributed by atoms with Crippen molar-refractivity contribution in [1.29, 1.82) is 0 Å². The van der Waals surface area contributed by atoms with Gasteiger partial charge in [-0.3, -0.25) is 4.79 Å². The molecule has 1 aromatic carbocycles. The number of hydrogen-bond donors (Lipinski definition) is 1. The van der Waals surface area contributed by atoms with Gasteiger partial charge < -0.3 is 19.7 Å². The minimum absolute atomic E-state index is 0.0388. The number of anilines is 1. The molecule has 0 aromatic heterocycles. The molecule has 0 spiro atoms. The molecule has 1 N–H and O–H groups in total. The van der Waals surface area contributed by atoms with Gasteiger partial charge in [-0.2, -0.15) is 0 Å². The Balaban J connectivity index is 1.76. The fourth-order valence-corrected chi connectivity index (χ4v) is 2.94. The van der Waals surface area contributed by atoms with E-state index in [0.29, 0.717) is 25.4 Å². The predicted molar refractivity (Wildman–Crippen MR) is 111 cm³/mol. The number of carbonyl (C=O) groups is 2. The summed E-state index contributed by atoms with van der Waals surface area (Å²) < 4.78 is 11.4. The maximum absolute atomic E-state index is 12.1. The van der Waals surface area contributed by atoms with E-state index in [2.05, 4.69) is 19.2 Å². The maximum Gasteiger partial charge on any atom is 0.410 e. The van der Waals surface area contributed by atoms with Crippen LogP contribution in [0.1, 0.15) is 60.3 Å². The van der Waals surface area contributed by atoms with Crippen LogP contribution in [0.2, 0.25) is 0 Å². The molecule has 156 valence electrons. The Morgan fingerprint density at radius 1 is 1.14 bits per heavy atom. The molecule has 1 heterocycles. The van der Waals surface area contributed by atoms with E-state index in [4.69, 9.17) is 9.47 Å². The van der Waals surface area contributed by atoms with E-state index in [-0.39, 0.29) is 18.1 Å². The monoisotopic (exact) mass is 390 g/mol. The summed E-state index contributed by atoms with van der Waals surface area (Å²) in [5, 5.41) is 2.91. The molecule has 0 atom stereocenters. The van der Waals surface area contributed by atoms with E-state index >= 15 is 0 Å². The fraction of sp³-hybridized carbons (Fsp3) is 0.636. The van der Waals surface area contributed by atoms with Crippen LogP contribution in [0.25, 0.3) is 0 Å². The molecule has 1 aromatic rings. The molecular formula is C22H34N2O4. The highest BCUT2D eigenvalue weighted by atomic mass is 16.6. The third kappa shape index (κ3) is 7.79. The smallest absolute Gasteiger partial charge is 0.410 e. The minimum atomic E-state index is -0.476. The van der Waals surface area contributed by atoms with Crippen LogP contribution >= 0.6 is 0 Å². The van der Waals surface area contributed by atoms with Crippen LogP contribution in [0.4, 0.5) is 10.5 Å². The quantitative estimate of drug-likeness (QED) is 0.755. The van der Waals surface area contributed by atoms with Gasteiger partial charge in [0, 0.05) is 38.0 Å². The number of hydrogen-bond acceptors (Lipinski definition) is 4. The Kier molecular flexibility index (Phi) is 7.72. The van der Waals surface area contributed by atoms with Gasteiger partial charge in [-0.1, -0.05) is 13.8 Å². The standard InChI is InChI=1S/C22H34N2O4/c1-16(2)6-11-20(25)23-17-7-9-18(10-8-17)27-19-12-14-24(15-13-19)21(26)28-22(3,4)5/h7-10,16,19H,6,11-15H2,1-5H3,(H,23,25). The van der Waals surface area contributed by atoms with Gasteiger partial charge in [-0.15, -0.1) is 0 Å². The van der Waals surface area contributed by atoms with Crippen molar-refractivity contribution in [3.63, 3.8) is 0 Å². The molecule has 1 fully saturated rings. The Labute approximate surface area is 168 Å². The molecule has 0 saturated carbocycles. The molecule has 1 aliphatic rings. The molecule has 2 rings (SSSR count). The molecular weight excluding hydrogens is 356 g/mol. The van der Waals surface area contributed by atoms with Crippen molar-refractivity contribution in [2.75, 3.05) is 18.4 Å². The average molecular weight is 391 g/mol. The van der Waals surface area contributed by atoms with Crippen molar-refractivity contribution < 1.29 is 19.1 Å². The van der Waals surface area contributed by atoms with Crippen molar-refractivity contribution in [3.8, 4) is 5.75 Å². The summed E-state index contributed by atoms with van der Waals surface area (Å²) in [7, 11) is 0. The topological polar surface area (TPSA) is 67.9 Å². The largest absolute Gasteiger partial charge is 0.490 e. The van der Waals surface area contributed by atoms with E-state index in [1.807, 2.05) is 45.0 Å². The number of piperidine rings is 1. The van der Waals surface area contributed by atoms with Gasteiger partial charge in [0.15, 0.2) is 0 Å². The molecule has 0 aliphatic carbocycles. The van der Waals surface area contributed by atoms with E-state index in [0.717, 1.165) is 30.7 Å². The predicted octanol–water partition coefficient (Wildman–Crippen LogP) is 4.84. The fourth-order valence-electron chi connectivity index (χ4n) is 2.94. The highest BCUT2D eigenvalue weighted by Gasteiger charge is 2.27. The summed E-state index contributed by atoms with van der Waals surface area (Å²) >= 11 is 0. The molecule has 6 nitrogen and oxygen atoms in total. The van der Waals surface area contributed by atoms with Gasteiger partial charge in [-0.25, -0.2) is 4.79 Å². The highest BCUT2D eigenvalue weighted by molar-refractivity contribution is 5.90. The summed E-state index contributed by atoms with van der Waals surface area (Å²) in [6.07, 6.45) is 2.77. The third-order valence-electron chi connectivity index (χ3n) is 4.48. The Bertz CT molecular complexity index is 641. The van der Waals surface area contributed by atoms with Gasteiger partial charge in [0.2, 0.25) is 5.91 Å². The molecule has 0 bridgehead atoms. The molecule has 6 heteroatoms. The zero-order chi connectivity index (χ0) is 20.7. The number of ether oxygens (including phenoxy) is 2. The van der Waals surface area contributed by atoms with Crippen LogP contribution in [0, 0.1) is 5.92 Å². The summed E-state index contributed by atoms with van der Waals surface area (Å²) in [6.45, 7) is 11.1. The number of amides is 2. The first-order valence-corrected chi connectivity index (χ1v) is 10.2. The summed E-state index contributed by atoms with van der Waals surface area (Å²) in [6, 6.07) is 7.47. The van der Waals surface area contributed by atoms with E-state index in [1.54, 1.807) is 4.90 Å². The number of rotatable bonds is 6. The summed E-state index contributed by atoms with van der Waals surface area (Å²) in [5.41, 5.74) is 0.303. The minimum Gasteiger partial charge on any atom is -0.490 e. The normalized spacial score (nSPS) is 15.4. The van der Waals surface area contributed by atoms with E-state index < -0.39 is 5.60 Å². The van der Waals surface area contributed by atoms with Crippen LogP contribution in [0.3, 0.4) is 0 Å². The SMILES string of the molecule is CC(C)CCC(=O)Nc1ccc(OC2CCN(C(=O)OC(C)(C)C)CC2)cc1. The van der Waals surface area contributed by atoms with Crippen LogP contribution < -0.4 is 10.1 Å². The first-order chi connectivity index (χ1) is 13.1. The van der Waals surface area contributed by atoms with Gasteiger partial charge in [0.05, 0.1) is 0 Å². The Hall–Kier alpha value is -2.24. The summed E-state index contributed by atoms with van der Waals surface area (Å²) in [5.74, 6) is 1.33. The lowest BCUT2D eigenvalue weighted by atomic mass is 10.1. The molecule has 0 radical (unpaired) electrons. The average Bonchev–Trinajstić information content (AvgIpc) is 2.61. The second kappa shape index (κ2) is 9.80. The van der Waals surface area contributed by atoms with E-state index in [1.165, 1.54) is 0 Å². The number of benzene rings is 1. The maximum atomic E-state index is 12.1. The number of nitrogens with one attached hydrogen (secondary N) is 1. The van der Waals surface area contributed by atoms with Gasteiger partial charge in [0.1, 0.15) is 17.5 Å². The van der Waals surface area contributed by atoms with Crippen LogP contribution in [0.5, 0.6) is 5.75 Å². The van der Waals surface area contributed by atoms with E-state index in [9.17, 15) is 9.59 Å². The van der Waals surface area contributed by atoms with Gasteiger partial charge in [0.25, 0.3) is 0 Å². The van der Waals surface area contributed by atoms with Crippen LogP contribution in [0.15, 0.2) is 24.3 Å². The van der Waals surface area contributed by atoms with Crippen molar-refractivity contribution in [2.24, 2.45) is 5.92 Å². The first kappa shape index (κ1) is 22.1. The molecule has 28 heavy (non-hydrogen) atoms. The van der Waals surface area contributed by atoms with Gasteiger partial charge >= 0.3 is 6.09 Å². The number of likely N-dealkylation sites (tertiary alicyclic amines) is 1. The second-order valence-corrected chi connectivity index (χ2v) is 8.79. The van der Waals surface area contributed by atoms with Crippen molar-refractivity contribution in [1.82, 2.24) is 4.90 Å². The third-order valence-corrected chi connectivity index (χ3v) is 4.48. The summed E-state index contributed by atoms with van der Waals surface area (Å²) in [4.78, 5) is 25.8. The van der Waals surface area contributed by atoms with Gasteiger partial charge in [-0.05, 0) is 57.4 Å². The molecule has 0 unspecified atom stereocenters. The van der Waals surface area contributed by atoms with Crippen molar-refractivity contribution in [2.45, 2.75) is 72.0 Å². The molecule has 1 saturated heterocycles. The Morgan fingerprint density at radius 2 is 1.75 bits per heavy atom. The van der Waals surface area contributed by atoms with Crippen molar-refractivity contribution >= 4 is 17.7 Å². The molecule has 2 amide bonds. The zero-order valence-electron chi connectivity index (χ0n) is 17.8. The first-order valence-electron chi connectivity index (χ1n) is 10.2.